The molecule has 1 unspecified atom stereocenters. The molecule has 0 saturated carbocycles. The molecule has 0 spiro atoms. The molecule has 2 aromatic rings. The lowest BCUT2D eigenvalue weighted by Gasteiger charge is -2.25. The summed E-state index contributed by atoms with van der Waals surface area (Å²) in [5.74, 6) is 0.428. The molecule has 6 heteroatoms. The molecule has 0 radical (unpaired) electrons. The van der Waals surface area contributed by atoms with Gasteiger partial charge in [-0.1, -0.05) is 36.4 Å². The first kappa shape index (κ1) is 19.5. The summed E-state index contributed by atoms with van der Waals surface area (Å²) in [5.41, 5.74) is 1.45. The number of likely N-dealkylation sites (tertiary alicyclic amines) is 1. The van der Waals surface area contributed by atoms with Crippen LogP contribution in [0.3, 0.4) is 0 Å². The lowest BCUT2D eigenvalue weighted by Crippen LogP contribution is -2.46. The van der Waals surface area contributed by atoms with Crippen molar-refractivity contribution in [1.29, 1.82) is 0 Å². The van der Waals surface area contributed by atoms with Crippen molar-refractivity contribution in [2.24, 2.45) is 0 Å². The number of ketones is 1. The van der Waals surface area contributed by atoms with Gasteiger partial charge in [0.2, 0.25) is 5.78 Å². The second-order valence-corrected chi connectivity index (χ2v) is 7.56. The number of carbonyl (C=O) groups is 2. The Morgan fingerprint density at radius 1 is 0.966 bits per heavy atom. The van der Waals surface area contributed by atoms with Crippen LogP contribution in [-0.2, 0) is 11.2 Å². The van der Waals surface area contributed by atoms with Crippen LogP contribution in [0.4, 0.5) is 0 Å². The standard InChI is InChI=1S/C23H26N2O4/c26-22(18-6-2-1-3-7-18)23(27)24-19(16-25-10-4-5-11-25)14-17-8-9-20-21(15-17)29-13-12-28-20/h1-3,6-9,15,19H,4-5,10-14,16H2,(H,24,27). The van der Waals surface area contributed by atoms with Gasteiger partial charge in [-0.2, -0.15) is 0 Å². The third kappa shape index (κ3) is 4.95. The van der Waals surface area contributed by atoms with Crippen molar-refractivity contribution in [3.8, 4) is 11.5 Å². The second kappa shape index (κ2) is 9.09. The highest BCUT2D eigenvalue weighted by Crippen LogP contribution is 2.31. The van der Waals surface area contributed by atoms with Crippen LogP contribution in [0.2, 0.25) is 0 Å². The van der Waals surface area contributed by atoms with Gasteiger partial charge in [-0.05, 0) is 50.0 Å². The number of nitrogens with one attached hydrogen (secondary N) is 1. The number of hydrogen-bond donors (Lipinski definition) is 1. The Labute approximate surface area is 170 Å². The Kier molecular flexibility index (Phi) is 6.10. The van der Waals surface area contributed by atoms with E-state index in [-0.39, 0.29) is 6.04 Å². The summed E-state index contributed by atoms with van der Waals surface area (Å²) in [4.78, 5) is 27.5. The maximum atomic E-state index is 12.6. The maximum Gasteiger partial charge on any atom is 0.292 e. The number of nitrogens with zero attached hydrogens (tertiary/aromatic N) is 1. The molecule has 1 N–H and O–H groups in total. The Bertz CT molecular complexity index is 862. The Morgan fingerprint density at radius 2 is 1.69 bits per heavy atom. The van der Waals surface area contributed by atoms with E-state index in [1.807, 2.05) is 24.3 Å². The largest absolute Gasteiger partial charge is 0.486 e. The molecule has 1 fully saturated rings. The van der Waals surface area contributed by atoms with Gasteiger partial charge in [-0.3, -0.25) is 9.59 Å². The van der Waals surface area contributed by atoms with E-state index in [0.717, 1.165) is 36.7 Å². The van der Waals surface area contributed by atoms with Gasteiger partial charge in [0.1, 0.15) is 13.2 Å². The molecular weight excluding hydrogens is 368 g/mol. The van der Waals surface area contributed by atoms with Gasteiger partial charge < -0.3 is 19.7 Å². The fourth-order valence-corrected chi connectivity index (χ4v) is 3.91. The van der Waals surface area contributed by atoms with Crippen LogP contribution in [0.5, 0.6) is 11.5 Å². The fourth-order valence-electron chi connectivity index (χ4n) is 3.91. The lowest BCUT2D eigenvalue weighted by molar-refractivity contribution is -0.117. The van der Waals surface area contributed by atoms with Crippen LogP contribution in [-0.4, -0.2) is 55.5 Å². The maximum absolute atomic E-state index is 12.6. The smallest absolute Gasteiger partial charge is 0.292 e. The van der Waals surface area contributed by atoms with E-state index in [1.54, 1.807) is 24.3 Å². The summed E-state index contributed by atoms with van der Waals surface area (Å²) in [6.45, 7) is 3.88. The summed E-state index contributed by atoms with van der Waals surface area (Å²) in [6, 6.07) is 14.4. The van der Waals surface area contributed by atoms with Crippen LogP contribution in [0, 0.1) is 0 Å². The number of rotatable bonds is 7. The molecule has 2 aliphatic heterocycles. The molecule has 1 saturated heterocycles. The third-order valence-electron chi connectivity index (χ3n) is 5.34. The van der Waals surface area contributed by atoms with E-state index >= 15 is 0 Å². The SMILES string of the molecule is O=C(NC(Cc1ccc2c(c1)OCCO2)CN1CCCC1)C(=O)c1ccccc1. The Hall–Kier alpha value is -2.86. The monoisotopic (exact) mass is 394 g/mol. The van der Waals surface area contributed by atoms with E-state index in [0.29, 0.717) is 25.2 Å². The number of benzene rings is 2. The number of fused-ring (bicyclic) bond motifs is 1. The minimum atomic E-state index is -0.557. The molecule has 152 valence electrons. The minimum absolute atomic E-state index is 0.157. The summed E-state index contributed by atoms with van der Waals surface area (Å²) < 4.78 is 11.3. The molecule has 0 aromatic heterocycles. The molecule has 29 heavy (non-hydrogen) atoms. The topological polar surface area (TPSA) is 67.9 Å². The van der Waals surface area contributed by atoms with Gasteiger partial charge in [-0.25, -0.2) is 0 Å². The van der Waals surface area contributed by atoms with E-state index in [1.165, 1.54) is 12.8 Å². The average Bonchev–Trinajstić information content (AvgIpc) is 3.26. The summed E-state index contributed by atoms with van der Waals surface area (Å²) >= 11 is 0. The molecular formula is C23H26N2O4. The number of hydrogen-bond acceptors (Lipinski definition) is 5. The second-order valence-electron chi connectivity index (χ2n) is 7.56. The highest BCUT2D eigenvalue weighted by Gasteiger charge is 2.24. The number of ether oxygens (including phenoxy) is 2. The van der Waals surface area contributed by atoms with Crippen molar-refractivity contribution in [3.05, 3.63) is 59.7 Å². The molecule has 1 amide bonds. The number of carbonyl (C=O) groups excluding carboxylic acids is 2. The zero-order valence-corrected chi connectivity index (χ0v) is 16.4. The third-order valence-corrected chi connectivity index (χ3v) is 5.34. The van der Waals surface area contributed by atoms with Crippen LogP contribution in [0.15, 0.2) is 48.5 Å². The molecule has 0 aliphatic carbocycles. The van der Waals surface area contributed by atoms with E-state index in [9.17, 15) is 9.59 Å². The van der Waals surface area contributed by atoms with Crippen LogP contribution >= 0.6 is 0 Å². The van der Waals surface area contributed by atoms with Gasteiger partial charge in [0.05, 0.1) is 0 Å². The highest BCUT2D eigenvalue weighted by atomic mass is 16.6. The lowest BCUT2D eigenvalue weighted by atomic mass is 10.0. The van der Waals surface area contributed by atoms with Crippen molar-refractivity contribution in [3.63, 3.8) is 0 Å². The molecule has 0 bridgehead atoms. The predicted molar refractivity (Wildman–Crippen MR) is 110 cm³/mol. The van der Waals surface area contributed by atoms with E-state index in [4.69, 9.17) is 9.47 Å². The molecule has 2 aromatic carbocycles. The summed E-state index contributed by atoms with van der Waals surface area (Å²) in [7, 11) is 0. The van der Waals surface area contributed by atoms with Gasteiger partial charge in [0.15, 0.2) is 11.5 Å². The van der Waals surface area contributed by atoms with Crippen molar-refractivity contribution in [2.75, 3.05) is 32.8 Å². The first-order valence-electron chi connectivity index (χ1n) is 10.2. The minimum Gasteiger partial charge on any atom is -0.486 e. The van der Waals surface area contributed by atoms with Crippen molar-refractivity contribution in [1.82, 2.24) is 10.2 Å². The van der Waals surface area contributed by atoms with E-state index < -0.39 is 11.7 Å². The van der Waals surface area contributed by atoms with E-state index in [2.05, 4.69) is 10.2 Å². The quantitative estimate of drug-likeness (QED) is 0.577. The van der Waals surface area contributed by atoms with Crippen molar-refractivity contribution in [2.45, 2.75) is 25.3 Å². The van der Waals surface area contributed by atoms with Gasteiger partial charge >= 0.3 is 0 Å². The zero-order chi connectivity index (χ0) is 20.1. The molecule has 1 atom stereocenters. The van der Waals surface area contributed by atoms with Crippen LogP contribution in [0.25, 0.3) is 0 Å². The van der Waals surface area contributed by atoms with Crippen LogP contribution in [0.1, 0.15) is 28.8 Å². The van der Waals surface area contributed by atoms with Crippen molar-refractivity contribution >= 4 is 11.7 Å². The van der Waals surface area contributed by atoms with Gasteiger partial charge in [0, 0.05) is 18.2 Å². The molecule has 4 rings (SSSR count). The summed E-state index contributed by atoms with van der Waals surface area (Å²) in [6.07, 6.45) is 2.97. The average molecular weight is 394 g/mol. The Morgan fingerprint density at radius 3 is 2.45 bits per heavy atom. The highest BCUT2D eigenvalue weighted by molar-refractivity contribution is 6.42. The molecule has 6 nitrogen and oxygen atoms in total. The zero-order valence-electron chi connectivity index (χ0n) is 16.4. The Balaban J connectivity index is 1.47. The van der Waals surface area contributed by atoms with Crippen molar-refractivity contribution < 1.29 is 19.1 Å². The summed E-state index contributed by atoms with van der Waals surface area (Å²) in [5, 5.41) is 2.97. The first-order chi connectivity index (χ1) is 14.2. The normalized spacial score (nSPS) is 17.0. The van der Waals surface area contributed by atoms with Crippen LogP contribution < -0.4 is 14.8 Å². The van der Waals surface area contributed by atoms with Gasteiger partial charge in [-0.15, -0.1) is 0 Å². The number of Topliss-reactive ketones (excluding diaryl/α,β-unsaturated/α-hetero) is 1. The van der Waals surface area contributed by atoms with Gasteiger partial charge in [0.25, 0.3) is 5.91 Å². The number of amides is 1. The predicted octanol–water partition coefficient (Wildman–Crippen LogP) is 2.46. The fraction of sp³-hybridized carbons (Fsp3) is 0.391. The molecule has 2 heterocycles. The first-order valence-corrected chi connectivity index (χ1v) is 10.2. The molecule has 2 aliphatic rings.